The third-order valence-corrected chi connectivity index (χ3v) is 3.83. The number of hydrogen-bond donors (Lipinski definition) is 2. The Balaban J connectivity index is 1.95. The Morgan fingerprint density at radius 2 is 1.76 bits per heavy atom. The zero-order chi connectivity index (χ0) is 12.1. The summed E-state index contributed by atoms with van der Waals surface area (Å²) in [5.74, 6) is 0.257. The van der Waals surface area contributed by atoms with Gasteiger partial charge < -0.3 is 10.2 Å². The molecular formula is C15H22O2. The Morgan fingerprint density at radius 1 is 1.06 bits per heavy atom. The van der Waals surface area contributed by atoms with E-state index in [4.69, 9.17) is 0 Å². The first kappa shape index (κ1) is 12.6. The van der Waals surface area contributed by atoms with Gasteiger partial charge in [0.15, 0.2) is 0 Å². The van der Waals surface area contributed by atoms with E-state index in [0.717, 1.165) is 24.8 Å². The van der Waals surface area contributed by atoms with Crippen molar-refractivity contribution in [1.29, 1.82) is 0 Å². The SMILES string of the molecule is O[C@@H](C[C@@H]1CCCCC[C@@H]1O)c1ccccc1. The Labute approximate surface area is 103 Å². The predicted octanol–water partition coefficient (Wildman–Crippen LogP) is 3.05. The normalized spacial score (nSPS) is 27.4. The maximum atomic E-state index is 10.2. The second-order valence-electron chi connectivity index (χ2n) is 5.13. The lowest BCUT2D eigenvalue weighted by Crippen LogP contribution is -2.21. The van der Waals surface area contributed by atoms with Gasteiger partial charge in [0.1, 0.15) is 0 Å². The van der Waals surface area contributed by atoms with Gasteiger partial charge in [-0.1, -0.05) is 49.6 Å². The third-order valence-electron chi connectivity index (χ3n) is 3.83. The average molecular weight is 234 g/mol. The van der Waals surface area contributed by atoms with E-state index in [1.165, 1.54) is 12.8 Å². The molecule has 2 rings (SSSR count). The van der Waals surface area contributed by atoms with E-state index in [-0.39, 0.29) is 12.0 Å². The highest BCUT2D eigenvalue weighted by molar-refractivity contribution is 5.17. The van der Waals surface area contributed by atoms with Crippen molar-refractivity contribution in [2.75, 3.05) is 0 Å². The van der Waals surface area contributed by atoms with Crippen molar-refractivity contribution < 1.29 is 10.2 Å². The largest absolute Gasteiger partial charge is 0.393 e. The zero-order valence-corrected chi connectivity index (χ0v) is 10.3. The molecule has 0 saturated heterocycles. The van der Waals surface area contributed by atoms with Crippen LogP contribution in [0, 0.1) is 5.92 Å². The van der Waals surface area contributed by atoms with Crippen molar-refractivity contribution in [3.8, 4) is 0 Å². The summed E-state index contributed by atoms with van der Waals surface area (Å²) in [7, 11) is 0. The van der Waals surface area contributed by atoms with Crippen LogP contribution >= 0.6 is 0 Å². The smallest absolute Gasteiger partial charge is 0.0793 e. The molecule has 3 atom stereocenters. The van der Waals surface area contributed by atoms with Crippen molar-refractivity contribution in [1.82, 2.24) is 0 Å². The van der Waals surface area contributed by atoms with Gasteiger partial charge in [-0.05, 0) is 30.7 Å². The lowest BCUT2D eigenvalue weighted by Gasteiger charge is -2.23. The van der Waals surface area contributed by atoms with Crippen LogP contribution in [0.4, 0.5) is 0 Å². The first-order valence-corrected chi connectivity index (χ1v) is 6.68. The van der Waals surface area contributed by atoms with E-state index in [9.17, 15) is 10.2 Å². The zero-order valence-electron chi connectivity index (χ0n) is 10.3. The lowest BCUT2D eigenvalue weighted by atomic mass is 9.89. The summed E-state index contributed by atoms with van der Waals surface area (Å²) in [4.78, 5) is 0. The van der Waals surface area contributed by atoms with Gasteiger partial charge in [-0.15, -0.1) is 0 Å². The Bertz CT molecular complexity index is 323. The van der Waals surface area contributed by atoms with Crippen molar-refractivity contribution in [3.63, 3.8) is 0 Å². The van der Waals surface area contributed by atoms with Gasteiger partial charge in [0.2, 0.25) is 0 Å². The van der Waals surface area contributed by atoms with Crippen LogP contribution < -0.4 is 0 Å². The highest BCUT2D eigenvalue weighted by Crippen LogP contribution is 2.31. The Kier molecular flexibility index (Phi) is 4.57. The molecule has 0 aromatic heterocycles. The van der Waals surface area contributed by atoms with Crippen LogP contribution in [0.3, 0.4) is 0 Å². The number of hydrogen-bond acceptors (Lipinski definition) is 2. The third kappa shape index (κ3) is 3.55. The number of benzene rings is 1. The fourth-order valence-corrected chi connectivity index (χ4v) is 2.74. The minimum Gasteiger partial charge on any atom is -0.393 e. The highest BCUT2D eigenvalue weighted by atomic mass is 16.3. The van der Waals surface area contributed by atoms with Crippen molar-refractivity contribution >= 4 is 0 Å². The molecule has 0 aliphatic heterocycles. The monoisotopic (exact) mass is 234 g/mol. The first-order valence-electron chi connectivity index (χ1n) is 6.68. The molecule has 1 aliphatic rings. The molecule has 1 aliphatic carbocycles. The maximum absolute atomic E-state index is 10.2. The van der Waals surface area contributed by atoms with Crippen LogP contribution in [-0.4, -0.2) is 16.3 Å². The molecule has 94 valence electrons. The summed E-state index contributed by atoms with van der Waals surface area (Å²) in [6.45, 7) is 0. The summed E-state index contributed by atoms with van der Waals surface area (Å²) in [6.07, 6.45) is 5.49. The molecule has 0 unspecified atom stereocenters. The lowest BCUT2D eigenvalue weighted by molar-refractivity contribution is 0.0565. The Hall–Kier alpha value is -0.860. The number of rotatable bonds is 3. The van der Waals surface area contributed by atoms with Gasteiger partial charge in [-0.2, -0.15) is 0 Å². The predicted molar refractivity (Wildman–Crippen MR) is 68.6 cm³/mol. The van der Waals surface area contributed by atoms with Crippen LogP contribution in [0.1, 0.15) is 50.2 Å². The van der Waals surface area contributed by atoms with Crippen LogP contribution in [0.2, 0.25) is 0 Å². The first-order chi connectivity index (χ1) is 8.27. The minimum absolute atomic E-state index is 0.226. The van der Waals surface area contributed by atoms with E-state index in [2.05, 4.69) is 0 Å². The van der Waals surface area contributed by atoms with Crippen LogP contribution in [0.5, 0.6) is 0 Å². The quantitative estimate of drug-likeness (QED) is 0.789. The molecule has 0 bridgehead atoms. The minimum atomic E-state index is -0.436. The van der Waals surface area contributed by atoms with E-state index in [1.807, 2.05) is 30.3 Å². The van der Waals surface area contributed by atoms with Gasteiger partial charge in [-0.3, -0.25) is 0 Å². The van der Waals surface area contributed by atoms with Crippen molar-refractivity contribution in [2.45, 2.75) is 50.7 Å². The van der Waals surface area contributed by atoms with Gasteiger partial charge >= 0.3 is 0 Å². The molecule has 2 nitrogen and oxygen atoms in total. The summed E-state index contributed by atoms with van der Waals surface area (Å²) >= 11 is 0. The average Bonchev–Trinajstić information content (AvgIpc) is 2.56. The van der Waals surface area contributed by atoms with Gasteiger partial charge in [0, 0.05) is 0 Å². The molecule has 2 heteroatoms. The summed E-state index contributed by atoms with van der Waals surface area (Å²) in [6, 6.07) is 9.75. The molecule has 2 N–H and O–H groups in total. The summed E-state index contributed by atoms with van der Waals surface area (Å²) in [5, 5.41) is 20.2. The second-order valence-corrected chi connectivity index (χ2v) is 5.13. The standard InChI is InChI=1S/C15H22O2/c16-14-10-6-2-5-9-13(14)11-15(17)12-7-3-1-4-8-12/h1,3-4,7-8,13-17H,2,5-6,9-11H2/t13-,14-,15-/m0/s1. The van der Waals surface area contributed by atoms with Crippen LogP contribution in [0.25, 0.3) is 0 Å². The van der Waals surface area contributed by atoms with E-state index in [0.29, 0.717) is 6.42 Å². The summed E-state index contributed by atoms with van der Waals surface area (Å²) in [5.41, 5.74) is 0.962. The van der Waals surface area contributed by atoms with Crippen LogP contribution in [0.15, 0.2) is 30.3 Å². The molecule has 0 radical (unpaired) electrons. The number of aliphatic hydroxyl groups is 2. The molecule has 1 saturated carbocycles. The molecular weight excluding hydrogens is 212 g/mol. The molecule has 1 fully saturated rings. The Morgan fingerprint density at radius 3 is 2.53 bits per heavy atom. The highest BCUT2D eigenvalue weighted by Gasteiger charge is 2.24. The second kappa shape index (κ2) is 6.18. The van der Waals surface area contributed by atoms with Crippen molar-refractivity contribution in [2.24, 2.45) is 5.92 Å². The molecule has 1 aromatic rings. The van der Waals surface area contributed by atoms with Crippen molar-refractivity contribution in [3.05, 3.63) is 35.9 Å². The van der Waals surface area contributed by atoms with E-state index < -0.39 is 6.10 Å². The van der Waals surface area contributed by atoms with Gasteiger partial charge in [-0.25, -0.2) is 0 Å². The van der Waals surface area contributed by atoms with E-state index >= 15 is 0 Å². The van der Waals surface area contributed by atoms with Gasteiger partial charge in [0.05, 0.1) is 12.2 Å². The van der Waals surface area contributed by atoms with Gasteiger partial charge in [0.25, 0.3) is 0 Å². The topological polar surface area (TPSA) is 40.5 Å². The fourth-order valence-electron chi connectivity index (χ4n) is 2.74. The van der Waals surface area contributed by atoms with Crippen LogP contribution in [-0.2, 0) is 0 Å². The molecule has 0 spiro atoms. The molecule has 1 aromatic carbocycles. The number of aliphatic hydroxyl groups excluding tert-OH is 2. The fraction of sp³-hybridized carbons (Fsp3) is 0.600. The molecule has 17 heavy (non-hydrogen) atoms. The summed E-state index contributed by atoms with van der Waals surface area (Å²) < 4.78 is 0. The maximum Gasteiger partial charge on any atom is 0.0793 e. The van der Waals surface area contributed by atoms with E-state index in [1.54, 1.807) is 0 Å². The molecule has 0 amide bonds. The molecule has 0 heterocycles.